The maximum absolute atomic E-state index is 12.7. The molecule has 1 unspecified atom stereocenters. The first-order valence-electron chi connectivity index (χ1n) is 13.9. The summed E-state index contributed by atoms with van der Waals surface area (Å²) in [5.74, 6) is -2.00. The molecule has 0 radical (unpaired) electrons. The number of sulfone groups is 1. The molecule has 0 heterocycles. The number of amides is 2. The Bertz CT molecular complexity index is 1020. The minimum Gasteiger partial charge on any atom is -0.326 e. The molecule has 1 atom stereocenters. The molecule has 1 rings (SSSR count). The Kier molecular flexibility index (Phi) is 15.2. The topological polar surface area (TPSA) is 109 Å². The van der Waals surface area contributed by atoms with Crippen LogP contribution in [-0.2, 0) is 24.2 Å². The number of anilines is 2. The van der Waals surface area contributed by atoms with Crippen molar-refractivity contribution in [3.05, 3.63) is 23.2 Å². The number of halogens is 1. The van der Waals surface area contributed by atoms with E-state index in [-0.39, 0.29) is 34.4 Å². The number of Topliss-reactive ketones (excluding diaryl/α,β-unsaturated/α-hetero) is 1. The Morgan fingerprint density at radius 1 is 0.895 bits per heavy atom. The molecule has 1 aromatic carbocycles. The van der Waals surface area contributed by atoms with E-state index in [9.17, 15) is 22.8 Å². The quantitative estimate of drug-likeness (QED) is 0.143. The molecular formula is C29H47ClN2O5S. The number of hydrogen-bond acceptors (Lipinski definition) is 5. The minimum atomic E-state index is -3.35. The second-order valence-electron chi connectivity index (χ2n) is 11.3. The molecule has 2 N–H and O–H groups in total. The van der Waals surface area contributed by atoms with Gasteiger partial charge in [-0.25, -0.2) is 8.42 Å². The first kappa shape index (κ1) is 34.1. The van der Waals surface area contributed by atoms with Gasteiger partial charge in [-0.1, -0.05) is 104 Å². The Labute approximate surface area is 234 Å². The zero-order chi connectivity index (χ0) is 28.8. The van der Waals surface area contributed by atoms with E-state index >= 15 is 0 Å². The fourth-order valence-corrected chi connectivity index (χ4v) is 5.81. The van der Waals surface area contributed by atoms with Crippen molar-refractivity contribution in [2.45, 2.75) is 105 Å². The van der Waals surface area contributed by atoms with Crippen molar-refractivity contribution in [1.82, 2.24) is 0 Å². The van der Waals surface area contributed by atoms with Crippen molar-refractivity contribution in [3.63, 3.8) is 0 Å². The van der Waals surface area contributed by atoms with Gasteiger partial charge in [0, 0.05) is 17.0 Å². The van der Waals surface area contributed by atoms with Crippen LogP contribution in [0.4, 0.5) is 11.4 Å². The van der Waals surface area contributed by atoms with Crippen LogP contribution in [0.2, 0.25) is 5.02 Å². The third kappa shape index (κ3) is 14.3. The summed E-state index contributed by atoms with van der Waals surface area (Å²) in [4.78, 5) is 37.1. The average molecular weight is 571 g/mol. The molecule has 0 bridgehead atoms. The lowest BCUT2D eigenvalue weighted by Crippen LogP contribution is -2.28. The minimum absolute atomic E-state index is 0.0888. The van der Waals surface area contributed by atoms with Crippen LogP contribution in [-0.4, -0.2) is 37.5 Å². The Balaban J connectivity index is 2.49. The van der Waals surface area contributed by atoms with Gasteiger partial charge < -0.3 is 10.6 Å². The molecule has 0 aromatic heterocycles. The predicted molar refractivity (Wildman–Crippen MR) is 157 cm³/mol. The predicted octanol–water partition coefficient (Wildman–Crippen LogP) is 7.19. The number of hydrogen-bond donors (Lipinski definition) is 2. The van der Waals surface area contributed by atoms with E-state index in [4.69, 9.17) is 11.6 Å². The van der Waals surface area contributed by atoms with E-state index in [0.29, 0.717) is 12.1 Å². The molecular weight excluding hydrogens is 524 g/mol. The molecule has 1 aromatic rings. The van der Waals surface area contributed by atoms with E-state index in [2.05, 4.69) is 17.6 Å². The summed E-state index contributed by atoms with van der Waals surface area (Å²) >= 11 is 6.18. The normalized spacial score (nSPS) is 12.7. The summed E-state index contributed by atoms with van der Waals surface area (Å²) in [5.41, 5.74) is -0.00532. The van der Waals surface area contributed by atoms with Crippen molar-refractivity contribution in [2.24, 2.45) is 11.3 Å². The number of rotatable bonds is 18. The second kappa shape index (κ2) is 16.9. The van der Waals surface area contributed by atoms with E-state index in [0.717, 1.165) is 19.3 Å². The van der Waals surface area contributed by atoms with Crippen LogP contribution in [0.15, 0.2) is 18.2 Å². The van der Waals surface area contributed by atoms with E-state index in [1.807, 2.05) is 0 Å². The molecule has 0 saturated carbocycles. The number of nitrogens with one attached hydrogen (secondary N) is 2. The van der Waals surface area contributed by atoms with Crippen LogP contribution in [0.5, 0.6) is 0 Å². The van der Waals surface area contributed by atoms with Crippen molar-refractivity contribution in [2.75, 3.05) is 22.1 Å². The molecule has 2 amide bonds. The molecule has 216 valence electrons. The van der Waals surface area contributed by atoms with Gasteiger partial charge in [-0.15, -0.1) is 0 Å². The summed E-state index contributed by atoms with van der Waals surface area (Å²) in [7, 11) is -3.35. The number of carbonyl (C=O) groups is 3. The molecule has 0 spiro atoms. The summed E-state index contributed by atoms with van der Waals surface area (Å²) in [6.07, 6.45) is 11.0. The summed E-state index contributed by atoms with van der Waals surface area (Å²) in [5, 5.41) is 5.56. The molecule has 7 nitrogen and oxygen atoms in total. The highest BCUT2D eigenvalue weighted by Crippen LogP contribution is 2.27. The monoisotopic (exact) mass is 570 g/mol. The summed E-state index contributed by atoms with van der Waals surface area (Å²) in [6, 6.07) is 4.58. The van der Waals surface area contributed by atoms with Gasteiger partial charge in [0.15, 0.2) is 9.84 Å². The summed E-state index contributed by atoms with van der Waals surface area (Å²) < 4.78 is 25.1. The number of carbonyl (C=O) groups excluding carboxylic acids is 3. The second-order valence-corrected chi connectivity index (χ2v) is 13.9. The van der Waals surface area contributed by atoms with Gasteiger partial charge in [0.25, 0.3) is 0 Å². The third-order valence-electron chi connectivity index (χ3n) is 6.43. The van der Waals surface area contributed by atoms with Crippen LogP contribution < -0.4 is 10.6 Å². The molecule has 0 aliphatic heterocycles. The summed E-state index contributed by atoms with van der Waals surface area (Å²) in [6.45, 7) is 9.02. The zero-order valence-corrected chi connectivity index (χ0v) is 25.4. The number of benzene rings is 1. The van der Waals surface area contributed by atoms with Crippen molar-refractivity contribution in [3.8, 4) is 0 Å². The molecule has 0 saturated heterocycles. The van der Waals surface area contributed by atoms with Gasteiger partial charge in [0.1, 0.15) is 5.78 Å². The van der Waals surface area contributed by atoms with Gasteiger partial charge in [-0.3, -0.25) is 14.4 Å². The number of unbranched alkanes of at least 4 members (excludes halogenated alkanes) is 9. The molecule has 9 heteroatoms. The smallest absolute Gasteiger partial charge is 0.231 e. The lowest BCUT2D eigenvalue weighted by atomic mass is 9.89. The zero-order valence-electron chi connectivity index (χ0n) is 23.8. The maximum Gasteiger partial charge on any atom is 0.231 e. The Hall–Kier alpha value is -1.93. The first-order chi connectivity index (χ1) is 17.7. The van der Waals surface area contributed by atoms with Crippen LogP contribution in [0.25, 0.3) is 0 Å². The Morgan fingerprint density at radius 3 is 2.00 bits per heavy atom. The van der Waals surface area contributed by atoms with Gasteiger partial charge in [-0.2, -0.15) is 0 Å². The third-order valence-corrected chi connectivity index (χ3v) is 8.67. The molecule has 0 fully saturated rings. The van der Waals surface area contributed by atoms with E-state index in [1.54, 1.807) is 33.8 Å². The van der Waals surface area contributed by atoms with Crippen LogP contribution in [0.3, 0.4) is 0 Å². The highest BCUT2D eigenvalue weighted by Gasteiger charge is 2.24. The fourth-order valence-electron chi connectivity index (χ4n) is 3.92. The Morgan fingerprint density at radius 2 is 1.45 bits per heavy atom. The number of ketones is 1. The van der Waals surface area contributed by atoms with Gasteiger partial charge in [0.2, 0.25) is 11.8 Å². The lowest BCUT2D eigenvalue weighted by molar-refractivity contribution is -0.130. The maximum atomic E-state index is 12.7. The SMILES string of the molecule is CCCCCCCCCCCCS(=O)(=O)CC(C)C(=O)Nc1ccc(Cl)c(NC(=O)CC(=O)C(C)(C)C)c1. The van der Waals surface area contributed by atoms with Crippen LogP contribution in [0.1, 0.15) is 105 Å². The first-order valence-corrected chi connectivity index (χ1v) is 16.1. The lowest BCUT2D eigenvalue weighted by Gasteiger charge is -2.17. The van der Waals surface area contributed by atoms with Crippen LogP contribution >= 0.6 is 11.6 Å². The average Bonchev–Trinajstić information content (AvgIpc) is 2.81. The van der Waals surface area contributed by atoms with Crippen molar-refractivity contribution >= 4 is 50.4 Å². The molecule has 0 aliphatic rings. The highest BCUT2D eigenvalue weighted by molar-refractivity contribution is 7.91. The largest absolute Gasteiger partial charge is 0.326 e. The molecule has 38 heavy (non-hydrogen) atoms. The van der Waals surface area contributed by atoms with Crippen molar-refractivity contribution < 1.29 is 22.8 Å². The van der Waals surface area contributed by atoms with Crippen molar-refractivity contribution in [1.29, 1.82) is 0 Å². The van der Waals surface area contributed by atoms with E-state index < -0.39 is 33.0 Å². The van der Waals surface area contributed by atoms with Crippen LogP contribution in [0, 0.1) is 11.3 Å². The standard InChI is InChI=1S/C29H47ClN2O5S/c1-6-7-8-9-10-11-12-13-14-15-18-38(36,37)21-22(2)28(35)31-23-16-17-24(30)25(19-23)32-27(34)20-26(33)29(3,4)5/h16-17,19,22H,6-15,18,20-21H2,1-5H3,(H,31,35)(H,32,34). The highest BCUT2D eigenvalue weighted by atomic mass is 35.5. The fraction of sp³-hybridized carbons (Fsp3) is 0.690. The van der Waals surface area contributed by atoms with Gasteiger partial charge in [0.05, 0.1) is 28.6 Å². The molecule has 0 aliphatic carbocycles. The van der Waals surface area contributed by atoms with E-state index in [1.165, 1.54) is 50.7 Å². The van der Waals surface area contributed by atoms with Gasteiger partial charge in [-0.05, 0) is 24.6 Å². The van der Waals surface area contributed by atoms with Gasteiger partial charge >= 0.3 is 0 Å².